The summed E-state index contributed by atoms with van der Waals surface area (Å²) in [4.78, 5) is 0.232. The minimum absolute atomic E-state index is 0.228. The Labute approximate surface area is 109 Å². The van der Waals surface area contributed by atoms with E-state index in [1.54, 1.807) is 24.3 Å². The Bertz CT molecular complexity index is 515. The van der Waals surface area contributed by atoms with Gasteiger partial charge in [0, 0.05) is 19.0 Å². The van der Waals surface area contributed by atoms with E-state index in [1.165, 1.54) is 0 Å². The molecule has 0 fully saturated rings. The lowest BCUT2D eigenvalue weighted by Gasteiger charge is -2.14. The van der Waals surface area contributed by atoms with Gasteiger partial charge in [0.05, 0.1) is 4.90 Å². The lowest BCUT2D eigenvalue weighted by molar-refractivity contribution is 0.544. The summed E-state index contributed by atoms with van der Waals surface area (Å²) in [5, 5.41) is 0. The second-order valence-electron chi connectivity index (χ2n) is 3.98. The van der Waals surface area contributed by atoms with Crippen molar-refractivity contribution in [2.24, 2.45) is 5.73 Å². The van der Waals surface area contributed by atoms with Crippen LogP contribution < -0.4 is 10.5 Å². The molecule has 1 aromatic rings. The molecule has 0 amide bonds. The summed E-state index contributed by atoms with van der Waals surface area (Å²) in [7, 11) is -3.51. The quantitative estimate of drug-likeness (QED) is 0.761. The minimum atomic E-state index is -3.51. The van der Waals surface area contributed by atoms with E-state index in [9.17, 15) is 8.42 Å². The Balaban J connectivity index is 2.88. The van der Waals surface area contributed by atoms with Gasteiger partial charge < -0.3 is 5.73 Å². The van der Waals surface area contributed by atoms with E-state index in [4.69, 9.17) is 12.2 Å². The molecular weight excluding hydrogens is 248 g/mol. The molecule has 0 radical (unpaired) electrons. The summed E-state index contributed by atoms with van der Waals surface area (Å²) in [5.41, 5.74) is 6.36. The molecular formula is C13H18N2O2S. The molecule has 5 heteroatoms. The molecule has 0 saturated carbocycles. The van der Waals surface area contributed by atoms with E-state index < -0.39 is 10.0 Å². The van der Waals surface area contributed by atoms with Gasteiger partial charge in [0.25, 0.3) is 0 Å². The number of hydrogen-bond acceptors (Lipinski definition) is 3. The molecule has 1 unspecified atom stereocenters. The third-order valence-electron chi connectivity index (χ3n) is 2.65. The Morgan fingerprint density at radius 3 is 2.44 bits per heavy atom. The zero-order chi connectivity index (χ0) is 13.6. The number of hydrogen-bond donors (Lipinski definition) is 2. The second-order valence-corrected chi connectivity index (χ2v) is 5.70. The smallest absolute Gasteiger partial charge is 0.240 e. The van der Waals surface area contributed by atoms with E-state index >= 15 is 0 Å². The van der Waals surface area contributed by atoms with Crippen molar-refractivity contribution in [3.05, 3.63) is 29.8 Å². The van der Waals surface area contributed by atoms with Gasteiger partial charge in [-0.2, -0.15) is 0 Å². The standard InChI is InChI=1S/C13H18N2O2S/c1-3-5-12(4-2)15-18(16,17)13-8-6-11(10-14)7-9-13/h1,6-9,12,15H,4-5,10,14H2,2H3. The number of sulfonamides is 1. The van der Waals surface area contributed by atoms with Crippen molar-refractivity contribution in [1.29, 1.82) is 0 Å². The van der Waals surface area contributed by atoms with Crippen molar-refractivity contribution >= 4 is 10.0 Å². The molecule has 1 aromatic carbocycles. The summed E-state index contributed by atoms with van der Waals surface area (Å²) in [6, 6.07) is 6.28. The summed E-state index contributed by atoms with van der Waals surface area (Å²) in [5.74, 6) is 2.47. The van der Waals surface area contributed by atoms with Crippen LogP contribution in [0.3, 0.4) is 0 Å². The average molecular weight is 266 g/mol. The topological polar surface area (TPSA) is 72.2 Å². The molecule has 1 atom stereocenters. The van der Waals surface area contributed by atoms with Gasteiger partial charge in [-0.05, 0) is 24.1 Å². The second kappa shape index (κ2) is 6.55. The Morgan fingerprint density at radius 1 is 1.39 bits per heavy atom. The molecule has 0 aliphatic heterocycles. The predicted molar refractivity (Wildman–Crippen MR) is 72.2 cm³/mol. The zero-order valence-electron chi connectivity index (χ0n) is 10.4. The summed E-state index contributed by atoms with van der Waals surface area (Å²) in [6.07, 6.45) is 6.24. The molecule has 0 heterocycles. The van der Waals surface area contributed by atoms with Crippen molar-refractivity contribution in [1.82, 2.24) is 4.72 Å². The summed E-state index contributed by atoms with van der Waals surface area (Å²) in [6.45, 7) is 2.28. The van der Waals surface area contributed by atoms with Crippen molar-refractivity contribution in [2.75, 3.05) is 0 Å². The lowest BCUT2D eigenvalue weighted by Crippen LogP contribution is -2.34. The van der Waals surface area contributed by atoms with E-state index in [0.29, 0.717) is 19.4 Å². The normalized spacial score (nSPS) is 12.9. The maximum atomic E-state index is 12.1. The van der Waals surface area contributed by atoms with Gasteiger partial charge in [0.1, 0.15) is 0 Å². The predicted octanol–water partition coefficient (Wildman–Crippen LogP) is 1.23. The molecule has 4 nitrogen and oxygen atoms in total. The Kier molecular flexibility index (Phi) is 5.35. The number of nitrogens with one attached hydrogen (secondary N) is 1. The first-order valence-corrected chi connectivity index (χ1v) is 7.26. The molecule has 0 aromatic heterocycles. The van der Waals surface area contributed by atoms with Crippen molar-refractivity contribution in [3.8, 4) is 12.3 Å². The van der Waals surface area contributed by atoms with Gasteiger partial charge in [-0.1, -0.05) is 19.1 Å². The van der Waals surface area contributed by atoms with Crippen LogP contribution in [0.25, 0.3) is 0 Å². The highest BCUT2D eigenvalue weighted by Gasteiger charge is 2.18. The largest absolute Gasteiger partial charge is 0.326 e. The van der Waals surface area contributed by atoms with Crippen LogP contribution in [0, 0.1) is 12.3 Å². The fraction of sp³-hybridized carbons (Fsp3) is 0.385. The lowest BCUT2D eigenvalue weighted by atomic mass is 10.2. The third kappa shape index (κ3) is 3.84. The van der Waals surface area contributed by atoms with Gasteiger partial charge in [-0.25, -0.2) is 13.1 Å². The van der Waals surface area contributed by atoms with Crippen LogP contribution >= 0.6 is 0 Å². The number of terminal acetylenes is 1. The van der Waals surface area contributed by atoms with Gasteiger partial charge in [0.15, 0.2) is 0 Å². The number of rotatable bonds is 6. The molecule has 3 N–H and O–H groups in total. The maximum absolute atomic E-state index is 12.1. The van der Waals surface area contributed by atoms with Crippen LogP contribution in [-0.4, -0.2) is 14.5 Å². The molecule has 0 bridgehead atoms. The Morgan fingerprint density at radius 2 is 2.00 bits per heavy atom. The van der Waals surface area contributed by atoms with Crippen molar-refractivity contribution in [3.63, 3.8) is 0 Å². The van der Waals surface area contributed by atoms with Crippen molar-refractivity contribution in [2.45, 2.75) is 37.2 Å². The van der Waals surface area contributed by atoms with E-state index in [1.807, 2.05) is 6.92 Å². The SMILES string of the molecule is C#CCC(CC)NS(=O)(=O)c1ccc(CN)cc1. The van der Waals surface area contributed by atoms with Crippen LogP contribution in [-0.2, 0) is 16.6 Å². The summed E-state index contributed by atoms with van der Waals surface area (Å²) >= 11 is 0. The first kappa shape index (κ1) is 14.7. The Hall–Kier alpha value is -1.35. The van der Waals surface area contributed by atoms with Crippen LogP contribution in [0.2, 0.25) is 0 Å². The average Bonchev–Trinajstić information content (AvgIpc) is 2.38. The first-order valence-electron chi connectivity index (χ1n) is 5.78. The van der Waals surface area contributed by atoms with Crippen LogP contribution in [0.1, 0.15) is 25.3 Å². The minimum Gasteiger partial charge on any atom is -0.326 e. The molecule has 1 rings (SSSR count). The highest BCUT2D eigenvalue weighted by molar-refractivity contribution is 7.89. The fourth-order valence-corrected chi connectivity index (χ4v) is 2.82. The molecule has 98 valence electrons. The molecule has 0 aliphatic carbocycles. The highest BCUT2D eigenvalue weighted by atomic mass is 32.2. The van der Waals surface area contributed by atoms with Crippen LogP contribution in [0.15, 0.2) is 29.2 Å². The van der Waals surface area contributed by atoms with Crippen LogP contribution in [0.5, 0.6) is 0 Å². The highest BCUT2D eigenvalue weighted by Crippen LogP contribution is 2.12. The number of benzene rings is 1. The maximum Gasteiger partial charge on any atom is 0.240 e. The zero-order valence-corrected chi connectivity index (χ0v) is 11.2. The van der Waals surface area contributed by atoms with Crippen LogP contribution in [0.4, 0.5) is 0 Å². The monoisotopic (exact) mass is 266 g/mol. The van der Waals surface area contributed by atoms with E-state index in [-0.39, 0.29) is 10.9 Å². The van der Waals surface area contributed by atoms with Crippen molar-refractivity contribution < 1.29 is 8.42 Å². The molecule has 0 spiro atoms. The van der Waals surface area contributed by atoms with E-state index in [0.717, 1.165) is 5.56 Å². The van der Waals surface area contributed by atoms with Gasteiger partial charge in [-0.3, -0.25) is 0 Å². The molecule has 0 aliphatic rings. The fourth-order valence-electron chi connectivity index (χ4n) is 1.50. The van der Waals surface area contributed by atoms with Gasteiger partial charge in [0.2, 0.25) is 10.0 Å². The first-order chi connectivity index (χ1) is 8.53. The molecule has 18 heavy (non-hydrogen) atoms. The van der Waals surface area contributed by atoms with Gasteiger partial charge in [-0.15, -0.1) is 12.3 Å². The van der Waals surface area contributed by atoms with Gasteiger partial charge >= 0.3 is 0 Å². The third-order valence-corrected chi connectivity index (χ3v) is 4.18. The molecule has 0 saturated heterocycles. The summed E-state index contributed by atoms with van der Waals surface area (Å²) < 4.78 is 26.7. The van der Waals surface area contributed by atoms with E-state index in [2.05, 4.69) is 10.6 Å². The number of nitrogens with two attached hydrogens (primary N) is 1.